The normalized spacial score (nSPS) is 10.2. The quantitative estimate of drug-likeness (QED) is 0.508. The van der Waals surface area contributed by atoms with Gasteiger partial charge in [-0.25, -0.2) is 0 Å². The molecule has 0 spiro atoms. The molecule has 0 fully saturated rings. The minimum atomic E-state index is -0.524. The third kappa shape index (κ3) is 3.43. The Kier molecular flexibility index (Phi) is 5.18. The third-order valence-electron chi connectivity index (χ3n) is 1.85. The van der Waals surface area contributed by atoms with Crippen LogP contribution >= 0.6 is 35.0 Å². The van der Waals surface area contributed by atoms with Crippen molar-refractivity contribution in [2.45, 2.75) is 0 Å². The van der Waals surface area contributed by atoms with Crippen LogP contribution in [0.1, 0.15) is 0 Å². The minimum Gasteiger partial charge on any atom is -0.382 e. The van der Waals surface area contributed by atoms with Crippen molar-refractivity contribution in [1.82, 2.24) is 0 Å². The molecule has 1 rings (SSSR count). The predicted octanol–water partition coefficient (Wildman–Crippen LogP) is 3.68. The molecule has 1 aromatic carbocycles. The second-order valence-electron chi connectivity index (χ2n) is 2.96. The molecule has 0 heterocycles. The molecule has 0 aliphatic carbocycles. The fraction of sp³-hybridized carbons (Fsp3) is 0.333. The molecule has 0 radical (unpaired) electrons. The van der Waals surface area contributed by atoms with Crippen molar-refractivity contribution >= 4 is 46.3 Å². The number of nitro benzene ring substituents is 1. The van der Waals surface area contributed by atoms with Crippen LogP contribution in [0.25, 0.3) is 0 Å². The lowest BCUT2D eigenvalue weighted by molar-refractivity contribution is -0.384. The molecule has 1 N–H and O–H groups in total. The van der Waals surface area contributed by atoms with Gasteiger partial charge in [-0.2, -0.15) is 11.8 Å². The first kappa shape index (κ1) is 13.4. The van der Waals surface area contributed by atoms with Crippen molar-refractivity contribution in [1.29, 1.82) is 0 Å². The van der Waals surface area contributed by atoms with Crippen LogP contribution < -0.4 is 5.32 Å². The zero-order valence-corrected chi connectivity index (χ0v) is 10.8. The van der Waals surface area contributed by atoms with Gasteiger partial charge in [-0.05, 0) is 6.26 Å². The molecule has 88 valence electrons. The van der Waals surface area contributed by atoms with Gasteiger partial charge in [-0.1, -0.05) is 23.2 Å². The number of rotatable bonds is 5. The van der Waals surface area contributed by atoms with Crippen LogP contribution in [0.15, 0.2) is 12.1 Å². The van der Waals surface area contributed by atoms with E-state index in [-0.39, 0.29) is 15.7 Å². The van der Waals surface area contributed by atoms with Crippen molar-refractivity contribution in [2.24, 2.45) is 0 Å². The number of nitrogens with one attached hydrogen (secondary N) is 1. The molecule has 0 aliphatic rings. The lowest BCUT2D eigenvalue weighted by atomic mass is 10.3. The van der Waals surface area contributed by atoms with Gasteiger partial charge < -0.3 is 5.32 Å². The van der Waals surface area contributed by atoms with E-state index >= 15 is 0 Å². The van der Waals surface area contributed by atoms with E-state index in [0.29, 0.717) is 12.2 Å². The van der Waals surface area contributed by atoms with Crippen molar-refractivity contribution in [2.75, 3.05) is 23.9 Å². The fourth-order valence-electron chi connectivity index (χ4n) is 1.11. The topological polar surface area (TPSA) is 55.2 Å². The summed E-state index contributed by atoms with van der Waals surface area (Å²) >= 11 is 13.5. The van der Waals surface area contributed by atoms with Gasteiger partial charge in [-0.3, -0.25) is 10.1 Å². The number of halogens is 2. The number of anilines is 1. The van der Waals surface area contributed by atoms with Gasteiger partial charge in [0.2, 0.25) is 0 Å². The molecule has 0 bridgehead atoms. The van der Waals surface area contributed by atoms with Gasteiger partial charge >= 0.3 is 0 Å². The highest BCUT2D eigenvalue weighted by Gasteiger charge is 2.13. The highest BCUT2D eigenvalue weighted by atomic mass is 35.5. The van der Waals surface area contributed by atoms with Crippen molar-refractivity contribution in [3.8, 4) is 0 Å². The van der Waals surface area contributed by atoms with Crippen LogP contribution in [0.3, 0.4) is 0 Å². The molecule has 0 amide bonds. The molecule has 1 aromatic rings. The zero-order valence-electron chi connectivity index (χ0n) is 8.50. The second-order valence-corrected chi connectivity index (χ2v) is 4.76. The van der Waals surface area contributed by atoms with Crippen LogP contribution in [0.2, 0.25) is 10.0 Å². The van der Waals surface area contributed by atoms with Gasteiger partial charge in [0.25, 0.3) is 5.69 Å². The van der Waals surface area contributed by atoms with Crippen molar-refractivity contribution in [3.05, 3.63) is 32.3 Å². The molecular weight excluding hydrogens is 271 g/mol. The molecule has 0 aromatic heterocycles. The summed E-state index contributed by atoms with van der Waals surface area (Å²) in [6, 6.07) is 2.57. The summed E-state index contributed by atoms with van der Waals surface area (Å²) in [6.45, 7) is 0.707. The van der Waals surface area contributed by atoms with E-state index in [1.165, 1.54) is 12.1 Å². The average Bonchev–Trinajstić information content (AvgIpc) is 2.21. The number of nitro groups is 1. The van der Waals surface area contributed by atoms with Gasteiger partial charge in [0.05, 0.1) is 20.7 Å². The molecule has 0 atom stereocenters. The predicted molar refractivity (Wildman–Crippen MR) is 70.0 cm³/mol. The van der Waals surface area contributed by atoms with Crippen LogP contribution in [0.5, 0.6) is 0 Å². The maximum absolute atomic E-state index is 10.5. The largest absolute Gasteiger partial charge is 0.382 e. The Morgan fingerprint density at radius 3 is 2.44 bits per heavy atom. The van der Waals surface area contributed by atoms with E-state index in [0.717, 1.165) is 5.75 Å². The van der Waals surface area contributed by atoms with E-state index in [1.54, 1.807) is 11.8 Å². The Morgan fingerprint density at radius 1 is 1.44 bits per heavy atom. The summed E-state index contributed by atoms with van der Waals surface area (Å²) < 4.78 is 0. The first-order valence-corrected chi connectivity index (χ1v) is 6.57. The summed E-state index contributed by atoms with van der Waals surface area (Å²) in [5.41, 5.74) is 0.438. The molecule has 7 heteroatoms. The Hall–Kier alpha value is -0.650. The first-order valence-electron chi connectivity index (χ1n) is 4.42. The first-order chi connectivity index (χ1) is 7.56. The Morgan fingerprint density at radius 2 is 2.00 bits per heavy atom. The van der Waals surface area contributed by atoms with Gasteiger partial charge in [0.1, 0.15) is 0 Å². The highest BCUT2D eigenvalue weighted by molar-refractivity contribution is 7.98. The standard InChI is InChI=1S/C9H10Cl2N2O2S/c1-16-3-2-12-9-7(10)4-6(13(14)15)5-8(9)11/h4-5,12H,2-3H2,1H3. The number of benzene rings is 1. The van der Waals surface area contributed by atoms with Crippen LogP contribution in [-0.4, -0.2) is 23.5 Å². The summed E-state index contributed by atoms with van der Waals surface area (Å²) in [4.78, 5) is 10.0. The number of nitrogens with zero attached hydrogens (tertiary/aromatic N) is 1. The molecule has 4 nitrogen and oxygen atoms in total. The van der Waals surface area contributed by atoms with Crippen LogP contribution in [-0.2, 0) is 0 Å². The smallest absolute Gasteiger partial charge is 0.272 e. The fourth-order valence-corrected chi connectivity index (χ4v) is 2.03. The van der Waals surface area contributed by atoms with E-state index < -0.39 is 4.92 Å². The lowest BCUT2D eigenvalue weighted by Gasteiger charge is -2.09. The third-order valence-corrected chi connectivity index (χ3v) is 3.05. The average molecular weight is 281 g/mol. The Labute approximate surface area is 107 Å². The molecule has 0 unspecified atom stereocenters. The summed E-state index contributed by atoms with van der Waals surface area (Å²) in [5.74, 6) is 0.906. The Balaban J connectivity index is 2.89. The van der Waals surface area contributed by atoms with Crippen LogP contribution in [0.4, 0.5) is 11.4 Å². The SMILES string of the molecule is CSCCNc1c(Cl)cc([N+](=O)[O-])cc1Cl. The van der Waals surface area contributed by atoms with Gasteiger partial charge in [0, 0.05) is 24.4 Å². The van der Waals surface area contributed by atoms with Gasteiger partial charge in [0.15, 0.2) is 0 Å². The minimum absolute atomic E-state index is 0.106. The maximum atomic E-state index is 10.5. The molecular formula is C9H10Cl2N2O2S. The Bertz CT molecular complexity index is 378. The summed E-state index contributed by atoms with van der Waals surface area (Å²) in [5, 5.41) is 14.1. The number of hydrogen-bond acceptors (Lipinski definition) is 4. The monoisotopic (exact) mass is 280 g/mol. The zero-order chi connectivity index (χ0) is 12.1. The molecule has 0 saturated heterocycles. The van der Waals surface area contributed by atoms with Crippen LogP contribution in [0, 0.1) is 10.1 Å². The lowest BCUT2D eigenvalue weighted by Crippen LogP contribution is -2.05. The number of hydrogen-bond donors (Lipinski definition) is 1. The molecule has 0 saturated carbocycles. The summed E-state index contributed by atoms with van der Waals surface area (Å²) in [7, 11) is 0. The van der Waals surface area contributed by atoms with E-state index in [4.69, 9.17) is 23.2 Å². The second kappa shape index (κ2) is 6.18. The van der Waals surface area contributed by atoms with E-state index in [9.17, 15) is 10.1 Å². The van der Waals surface area contributed by atoms with E-state index in [2.05, 4.69) is 5.32 Å². The van der Waals surface area contributed by atoms with Crippen molar-refractivity contribution in [3.63, 3.8) is 0 Å². The highest BCUT2D eigenvalue weighted by Crippen LogP contribution is 2.34. The van der Waals surface area contributed by atoms with E-state index in [1.807, 2.05) is 6.26 Å². The summed E-state index contributed by atoms with van der Waals surface area (Å²) in [6.07, 6.45) is 1.99. The molecule has 0 aliphatic heterocycles. The number of thioether (sulfide) groups is 1. The van der Waals surface area contributed by atoms with Gasteiger partial charge in [-0.15, -0.1) is 0 Å². The molecule has 16 heavy (non-hydrogen) atoms. The number of non-ortho nitro benzene ring substituents is 1. The maximum Gasteiger partial charge on any atom is 0.272 e. The van der Waals surface area contributed by atoms with Crippen molar-refractivity contribution < 1.29 is 4.92 Å².